The highest BCUT2D eigenvalue weighted by atomic mass is 35.5. The molecule has 0 radical (unpaired) electrons. The Labute approximate surface area is 208 Å². The molecule has 7 nitrogen and oxygen atoms in total. The molecule has 178 valence electrons. The van der Waals surface area contributed by atoms with Crippen LogP contribution in [-0.2, 0) is 4.74 Å². The molecule has 34 heavy (non-hydrogen) atoms. The molecule has 0 bridgehead atoms. The van der Waals surface area contributed by atoms with Gasteiger partial charge in [-0.1, -0.05) is 52.9 Å². The molecule has 0 spiro atoms. The number of aromatic nitrogens is 2. The van der Waals surface area contributed by atoms with E-state index in [0.29, 0.717) is 17.4 Å². The van der Waals surface area contributed by atoms with Gasteiger partial charge >= 0.3 is 0 Å². The smallest absolute Gasteiger partial charge is 0.282 e. The number of halogens is 1. The SMILES string of the molecule is Cc1ccc2sc(N(CCN3CCOCC3)C(=O)c3cc(-c4ccccc4)on3)nc2c1C.Cl. The zero-order valence-corrected chi connectivity index (χ0v) is 20.8. The van der Waals surface area contributed by atoms with Crippen LogP contribution in [0.25, 0.3) is 21.5 Å². The van der Waals surface area contributed by atoms with Gasteiger partial charge in [-0.25, -0.2) is 4.98 Å². The van der Waals surface area contributed by atoms with Crippen LogP contribution in [-0.4, -0.2) is 60.3 Å². The topological polar surface area (TPSA) is 71.7 Å². The predicted molar refractivity (Wildman–Crippen MR) is 137 cm³/mol. The number of amides is 1. The molecular weight excluding hydrogens is 472 g/mol. The molecule has 0 unspecified atom stereocenters. The van der Waals surface area contributed by atoms with E-state index in [-0.39, 0.29) is 24.0 Å². The molecule has 2 aromatic carbocycles. The van der Waals surface area contributed by atoms with Crippen LogP contribution in [0.3, 0.4) is 0 Å². The third-order valence-electron chi connectivity index (χ3n) is 6.08. The van der Waals surface area contributed by atoms with E-state index >= 15 is 0 Å². The van der Waals surface area contributed by atoms with Crippen LogP contribution in [0.15, 0.2) is 53.1 Å². The molecule has 1 saturated heterocycles. The molecule has 0 atom stereocenters. The molecule has 0 aliphatic carbocycles. The number of aryl methyl sites for hydroxylation is 2. The standard InChI is InChI=1S/C25H26N4O3S.ClH/c1-17-8-9-22-23(18(17)2)26-25(33-22)29(11-10-28-12-14-31-15-13-28)24(30)20-16-21(32-27-20)19-6-4-3-5-7-19;/h3-9,16H,10-15H2,1-2H3;1H. The fourth-order valence-electron chi connectivity index (χ4n) is 3.93. The normalized spacial score (nSPS) is 14.2. The first kappa shape index (κ1) is 24.3. The minimum Gasteiger partial charge on any atom is -0.379 e. The van der Waals surface area contributed by atoms with Crippen LogP contribution in [0.5, 0.6) is 0 Å². The van der Waals surface area contributed by atoms with E-state index in [1.165, 1.54) is 16.9 Å². The molecule has 1 aliphatic rings. The van der Waals surface area contributed by atoms with Crippen molar-refractivity contribution < 1.29 is 14.1 Å². The number of rotatable bonds is 6. The maximum atomic E-state index is 13.6. The number of carbonyl (C=O) groups excluding carboxylic acids is 1. The Balaban J connectivity index is 0.00000274. The number of thiazole rings is 1. The van der Waals surface area contributed by atoms with Gasteiger partial charge in [-0.05, 0) is 31.0 Å². The summed E-state index contributed by atoms with van der Waals surface area (Å²) in [5.41, 5.74) is 4.44. The average Bonchev–Trinajstić information content (AvgIpc) is 3.51. The summed E-state index contributed by atoms with van der Waals surface area (Å²) in [5.74, 6) is 0.366. The molecule has 4 aromatic rings. The lowest BCUT2D eigenvalue weighted by molar-refractivity contribution is 0.0391. The molecule has 2 aromatic heterocycles. The molecule has 1 fully saturated rings. The summed E-state index contributed by atoms with van der Waals surface area (Å²) >= 11 is 1.53. The highest BCUT2D eigenvalue weighted by molar-refractivity contribution is 7.22. The highest BCUT2D eigenvalue weighted by Crippen LogP contribution is 2.33. The van der Waals surface area contributed by atoms with Crippen LogP contribution in [0, 0.1) is 13.8 Å². The van der Waals surface area contributed by atoms with Crippen molar-refractivity contribution in [3.63, 3.8) is 0 Å². The van der Waals surface area contributed by atoms with E-state index in [2.05, 4.69) is 36.0 Å². The van der Waals surface area contributed by atoms with Crippen molar-refractivity contribution in [1.29, 1.82) is 0 Å². The van der Waals surface area contributed by atoms with Gasteiger partial charge in [0.2, 0.25) is 0 Å². The van der Waals surface area contributed by atoms with Crippen LogP contribution in [0.4, 0.5) is 5.13 Å². The molecule has 1 amide bonds. The lowest BCUT2D eigenvalue weighted by Gasteiger charge is -2.28. The molecular formula is C25H27ClN4O3S. The highest BCUT2D eigenvalue weighted by Gasteiger charge is 2.26. The molecule has 9 heteroatoms. The van der Waals surface area contributed by atoms with Crippen molar-refractivity contribution in [2.24, 2.45) is 0 Å². The van der Waals surface area contributed by atoms with Gasteiger partial charge in [0.1, 0.15) is 0 Å². The fraction of sp³-hybridized carbons (Fsp3) is 0.320. The Morgan fingerprint density at radius 2 is 1.88 bits per heavy atom. The van der Waals surface area contributed by atoms with Crippen molar-refractivity contribution >= 4 is 45.0 Å². The minimum absolute atomic E-state index is 0. The van der Waals surface area contributed by atoms with Crippen molar-refractivity contribution in [3.8, 4) is 11.3 Å². The van der Waals surface area contributed by atoms with Gasteiger partial charge in [0.15, 0.2) is 16.6 Å². The van der Waals surface area contributed by atoms with Gasteiger partial charge in [0.25, 0.3) is 5.91 Å². The number of benzene rings is 2. The Morgan fingerprint density at radius 3 is 2.65 bits per heavy atom. The number of hydrogen-bond acceptors (Lipinski definition) is 7. The second kappa shape index (κ2) is 10.7. The Kier molecular flexibility index (Phi) is 7.63. The second-order valence-electron chi connectivity index (χ2n) is 8.20. The Bertz CT molecular complexity index is 1270. The average molecular weight is 499 g/mol. The van der Waals surface area contributed by atoms with E-state index in [0.717, 1.165) is 54.2 Å². The predicted octanol–water partition coefficient (Wildman–Crippen LogP) is 4.97. The Morgan fingerprint density at radius 1 is 1.12 bits per heavy atom. The second-order valence-corrected chi connectivity index (χ2v) is 9.21. The number of nitrogens with zero attached hydrogens (tertiary/aromatic N) is 4. The van der Waals surface area contributed by atoms with E-state index < -0.39 is 0 Å². The third-order valence-corrected chi connectivity index (χ3v) is 7.12. The number of carbonyl (C=O) groups is 1. The molecule has 3 heterocycles. The largest absolute Gasteiger partial charge is 0.379 e. The zero-order valence-electron chi connectivity index (χ0n) is 19.2. The number of hydrogen-bond donors (Lipinski definition) is 0. The zero-order chi connectivity index (χ0) is 22.8. The van der Waals surface area contributed by atoms with Crippen molar-refractivity contribution in [2.75, 3.05) is 44.3 Å². The van der Waals surface area contributed by atoms with E-state index in [4.69, 9.17) is 14.2 Å². The van der Waals surface area contributed by atoms with Gasteiger partial charge in [0, 0.05) is 37.8 Å². The Hall–Kier alpha value is -2.78. The summed E-state index contributed by atoms with van der Waals surface area (Å²) in [6.45, 7) is 8.58. The number of fused-ring (bicyclic) bond motifs is 1. The van der Waals surface area contributed by atoms with Gasteiger partial charge in [-0.2, -0.15) is 0 Å². The summed E-state index contributed by atoms with van der Waals surface area (Å²) in [6.07, 6.45) is 0. The van der Waals surface area contributed by atoms with Gasteiger partial charge in [0.05, 0.1) is 23.4 Å². The van der Waals surface area contributed by atoms with Crippen molar-refractivity contribution in [2.45, 2.75) is 13.8 Å². The van der Waals surface area contributed by atoms with Crippen LogP contribution in [0.1, 0.15) is 21.6 Å². The van der Waals surface area contributed by atoms with Gasteiger partial charge in [-0.3, -0.25) is 14.6 Å². The maximum absolute atomic E-state index is 13.6. The molecule has 1 aliphatic heterocycles. The van der Waals surface area contributed by atoms with Gasteiger partial charge < -0.3 is 9.26 Å². The minimum atomic E-state index is -0.206. The summed E-state index contributed by atoms with van der Waals surface area (Å²) in [5, 5.41) is 4.78. The van der Waals surface area contributed by atoms with Gasteiger partial charge in [-0.15, -0.1) is 12.4 Å². The maximum Gasteiger partial charge on any atom is 0.282 e. The number of ether oxygens (including phenoxy) is 1. The van der Waals surface area contributed by atoms with Crippen molar-refractivity contribution in [3.05, 3.63) is 65.4 Å². The molecule has 0 saturated carbocycles. The summed E-state index contributed by atoms with van der Waals surface area (Å²) < 4.78 is 12.0. The van der Waals surface area contributed by atoms with E-state index in [9.17, 15) is 4.79 Å². The number of anilines is 1. The monoisotopic (exact) mass is 498 g/mol. The summed E-state index contributed by atoms with van der Waals surface area (Å²) in [4.78, 5) is 22.5. The lowest BCUT2D eigenvalue weighted by atomic mass is 10.1. The first-order valence-corrected chi connectivity index (χ1v) is 11.9. The van der Waals surface area contributed by atoms with E-state index in [1.54, 1.807) is 11.0 Å². The number of morpholine rings is 1. The van der Waals surface area contributed by atoms with Crippen LogP contribution >= 0.6 is 23.7 Å². The molecule has 5 rings (SSSR count). The first-order chi connectivity index (χ1) is 16.1. The quantitative estimate of drug-likeness (QED) is 0.374. The summed E-state index contributed by atoms with van der Waals surface area (Å²) in [6, 6.07) is 15.6. The summed E-state index contributed by atoms with van der Waals surface area (Å²) in [7, 11) is 0. The fourth-order valence-corrected chi connectivity index (χ4v) is 4.98. The van der Waals surface area contributed by atoms with Crippen LogP contribution in [0.2, 0.25) is 0 Å². The van der Waals surface area contributed by atoms with Crippen molar-refractivity contribution in [1.82, 2.24) is 15.0 Å². The lowest BCUT2D eigenvalue weighted by Crippen LogP contribution is -2.43. The third kappa shape index (κ3) is 5.00. The van der Waals surface area contributed by atoms with E-state index in [1.807, 2.05) is 30.3 Å². The molecule has 0 N–H and O–H groups in total. The first-order valence-electron chi connectivity index (χ1n) is 11.1. The van der Waals surface area contributed by atoms with Crippen LogP contribution < -0.4 is 4.90 Å².